The van der Waals surface area contributed by atoms with Crippen molar-refractivity contribution >= 4 is 16.9 Å². The van der Waals surface area contributed by atoms with Crippen LogP contribution in [0.2, 0.25) is 0 Å². The fourth-order valence-corrected chi connectivity index (χ4v) is 2.94. The van der Waals surface area contributed by atoms with Crippen molar-refractivity contribution in [2.24, 2.45) is 0 Å². The van der Waals surface area contributed by atoms with Crippen LogP contribution in [0.4, 0.5) is 0 Å². The Morgan fingerprint density at radius 3 is 2.30 bits per heavy atom. The first kappa shape index (κ1) is 18.6. The number of fused-ring (bicyclic) bond motifs is 1. The van der Waals surface area contributed by atoms with Crippen LogP contribution in [0.25, 0.3) is 10.9 Å². The number of carbonyl (C=O) groups is 1. The van der Waals surface area contributed by atoms with Crippen LogP contribution >= 0.6 is 0 Å². The highest BCUT2D eigenvalue weighted by Gasteiger charge is 2.09. The molecule has 0 aliphatic carbocycles. The van der Waals surface area contributed by atoms with Crippen LogP contribution in [0.1, 0.15) is 25.0 Å². The van der Waals surface area contributed by atoms with Gasteiger partial charge in [0.15, 0.2) is 0 Å². The molecule has 0 radical (unpaired) electrons. The van der Waals surface area contributed by atoms with Crippen LogP contribution in [0.15, 0.2) is 42.6 Å². The van der Waals surface area contributed by atoms with Gasteiger partial charge in [0, 0.05) is 23.2 Å². The zero-order valence-corrected chi connectivity index (χ0v) is 15.5. The molecule has 0 saturated carbocycles. The number of hydrogen-bond donors (Lipinski definition) is 2. The molecule has 0 bridgehead atoms. The van der Waals surface area contributed by atoms with Gasteiger partial charge in [0.1, 0.15) is 23.9 Å². The van der Waals surface area contributed by atoms with E-state index in [4.69, 9.17) is 19.3 Å². The number of carboxylic acids is 1. The van der Waals surface area contributed by atoms with Gasteiger partial charge in [-0.2, -0.15) is 0 Å². The number of hydrogen-bond acceptors (Lipinski definition) is 4. The number of aromatic nitrogens is 1. The highest BCUT2D eigenvalue weighted by molar-refractivity contribution is 5.88. The first-order valence-corrected chi connectivity index (χ1v) is 8.93. The maximum Gasteiger partial charge on any atom is 0.307 e. The van der Waals surface area contributed by atoms with Crippen molar-refractivity contribution < 1.29 is 24.1 Å². The number of aliphatic carboxylic acids is 1. The molecule has 3 aromatic rings. The van der Waals surface area contributed by atoms with Crippen LogP contribution < -0.4 is 14.2 Å². The van der Waals surface area contributed by atoms with Gasteiger partial charge in [0.2, 0.25) is 0 Å². The second kappa shape index (κ2) is 8.49. The second-order valence-corrected chi connectivity index (χ2v) is 6.06. The van der Waals surface area contributed by atoms with Crippen molar-refractivity contribution in [3.63, 3.8) is 0 Å². The normalized spacial score (nSPS) is 10.7. The molecule has 6 heteroatoms. The van der Waals surface area contributed by atoms with Gasteiger partial charge >= 0.3 is 5.97 Å². The minimum atomic E-state index is -0.863. The van der Waals surface area contributed by atoms with E-state index in [-0.39, 0.29) is 6.42 Å². The van der Waals surface area contributed by atoms with Gasteiger partial charge in [0.05, 0.1) is 19.6 Å². The van der Waals surface area contributed by atoms with E-state index in [9.17, 15) is 4.79 Å². The Labute approximate surface area is 157 Å². The van der Waals surface area contributed by atoms with E-state index in [2.05, 4.69) is 4.98 Å². The minimum absolute atomic E-state index is 0.0302. The lowest BCUT2D eigenvalue weighted by Gasteiger charge is -2.12. The fraction of sp³-hybridized carbons (Fsp3) is 0.286. The number of benzene rings is 2. The average Bonchev–Trinajstić information content (AvgIpc) is 3.02. The molecule has 0 aliphatic rings. The Morgan fingerprint density at radius 1 is 0.963 bits per heavy atom. The number of H-pyrrole nitrogens is 1. The maximum absolute atomic E-state index is 11.0. The lowest BCUT2D eigenvalue weighted by molar-refractivity contribution is -0.136. The highest BCUT2D eigenvalue weighted by atomic mass is 16.5. The molecule has 2 N–H and O–H groups in total. The monoisotopic (exact) mass is 369 g/mol. The molecule has 142 valence electrons. The standard InChI is InChI=1S/C21H23NO5/c1-3-25-17-7-14(8-18(10-17)26-4-2)13-27-16-5-6-20-19(11-16)15(12-22-20)9-21(23)24/h5-8,10-12,22H,3-4,9,13H2,1-2H3,(H,23,24). The zero-order valence-electron chi connectivity index (χ0n) is 15.5. The van der Waals surface area contributed by atoms with Crippen molar-refractivity contribution in [3.8, 4) is 17.2 Å². The number of carboxylic acid groups (broad SMARTS) is 1. The number of aromatic amines is 1. The molecule has 6 nitrogen and oxygen atoms in total. The van der Waals surface area contributed by atoms with Crippen LogP contribution in [0.5, 0.6) is 17.2 Å². The summed E-state index contributed by atoms with van der Waals surface area (Å²) in [5, 5.41) is 9.89. The van der Waals surface area contributed by atoms with Gasteiger partial charge in [-0.25, -0.2) is 0 Å². The summed E-state index contributed by atoms with van der Waals surface area (Å²) in [7, 11) is 0. The molecule has 0 fully saturated rings. The summed E-state index contributed by atoms with van der Waals surface area (Å²) < 4.78 is 17.1. The third-order valence-corrected chi connectivity index (χ3v) is 4.05. The topological polar surface area (TPSA) is 80.8 Å². The Morgan fingerprint density at radius 2 is 1.67 bits per heavy atom. The first-order valence-electron chi connectivity index (χ1n) is 8.93. The van der Waals surface area contributed by atoms with Crippen LogP contribution in [-0.2, 0) is 17.8 Å². The minimum Gasteiger partial charge on any atom is -0.494 e. The van der Waals surface area contributed by atoms with Crippen molar-refractivity contribution in [3.05, 3.63) is 53.7 Å². The van der Waals surface area contributed by atoms with Gasteiger partial charge < -0.3 is 24.3 Å². The molecule has 0 spiro atoms. The summed E-state index contributed by atoms with van der Waals surface area (Å²) in [6.45, 7) is 5.37. The van der Waals surface area contributed by atoms with Gasteiger partial charge in [-0.1, -0.05) is 0 Å². The molecule has 27 heavy (non-hydrogen) atoms. The number of ether oxygens (including phenoxy) is 3. The summed E-state index contributed by atoms with van der Waals surface area (Å²) in [6, 6.07) is 11.3. The molecule has 2 aromatic carbocycles. The Kier molecular flexibility index (Phi) is 5.86. The molecule has 0 atom stereocenters. The van der Waals surface area contributed by atoms with Crippen molar-refractivity contribution in [2.75, 3.05) is 13.2 Å². The van der Waals surface area contributed by atoms with E-state index >= 15 is 0 Å². The second-order valence-electron chi connectivity index (χ2n) is 6.06. The summed E-state index contributed by atoms with van der Waals surface area (Å²) in [6.07, 6.45) is 1.69. The molecule has 3 rings (SSSR count). The highest BCUT2D eigenvalue weighted by Crippen LogP contribution is 2.27. The third kappa shape index (κ3) is 4.73. The third-order valence-electron chi connectivity index (χ3n) is 4.05. The lowest BCUT2D eigenvalue weighted by Crippen LogP contribution is -2.00. The van der Waals surface area contributed by atoms with Gasteiger partial charge in [-0.05, 0) is 55.3 Å². The summed E-state index contributed by atoms with van der Waals surface area (Å²) in [4.78, 5) is 14.1. The largest absolute Gasteiger partial charge is 0.494 e. The van der Waals surface area contributed by atoms with E-state index in [0.29, 0.717) is 25.6 Å². The number of nitrogens with one attached hydrogen (secondary N) is 1. The first-order chi connectivity index (χ1) is 13.1. The van der Waals surface area contributed by atoms with Crippen LogP contribution in [0.3, 0.4) is 0 Å². The van der Waals surface area contributed by atoms with Crippen molar-refractivity contribution in [1.82, 2.24) is 4.98 Å². The number of rotatable bonds is 9. The zero-order chi connectivity index (χ0) is 19.2. The maximum atomic E-state index is 11.0. The predicted molar refractivity (Wildman–Crippen MR) is 103 cm³/mol. The SMILES string of the molecule is CCOc1cc(COc2ccc3[nH]cc(CC(=O)O)c3c2)cc(OCC)c1. The molecule has 0 aliphatic heterocycles. The predicted octanol–water partition coefficient (Wildman–Crippen LogP) is 4.17. The van der Waals surface area contributed by atoms with E-state index in [1.54, 1.807) is 6.20 Å². The van der Waals surface area contributed by atoms with E-state index in [1.165, 1.54) is 0 Å². The van der Waals surface area contributed by atoms with Crippen LogP contribution in [-0.4, -0.2) is 29.3 Å². The van der Waals surface area contributed by atoms with Gasteiger partial charge in [-0.15, -0.1) is 0 Å². The molecule has 0 amide bonds. The van der Waals surface area contributed by atoms with E-state index < -0.39 is 5.97 Å². The van der Waals surface area contributed by atoms with Crippen LogP contribution in [0, 0.1) is 0 Å². The van der Waals surface area contributed by atoms with Crippen molar-refractivity contribution in [2.45, 2.75) is 26.9 Å². The van der Waals surface area contributed by atoms with E-state index in [0.717, 1.165) is 33.5 Å². The smallest absolute Gasteiger partial charge is 0.307 e. The summed E-state index contributed by atoms with van der Waals surface area (Å²) >= 11 is 0. The molecular formula is C21H23NO5. The van der Waals surface area contributed by atoms with Crippen molar-refractivity contribution in [1.29, 1.82) is 0 Å². The Bertz CT molecular complexity index is 907. The Balaban J connectivity index is 1.78. The summed E-state index contributed by atoms with van der Waals surface area (Å²) in [5.74, 6) is 1.30. The molecule has 0 unspecified atom stereocenters. The van der Waals surface area contributed by atoms with Gasteiger partial charge in [-0.3, -0.25) is 4.79 Å². The molecule has 1 aromatic heterocycles. The molecule has 0 saturated heterocycles. The average molecular weight is 369 g/mol. The summed E-state index contributed by atoms with van der Waals surface area (Å²) in [5.41, 5.74) is 2.56. The quantitative estimate of drug-likeness (QED) is 0.592. The fourth-order valence-electron chi connectivity index (χ4n) is 2.94. The molecular weight excluding hydrogens is 346 g/mol. The Hall–Kier alpha value is -3.15. The van der Waals surface area contributed by atoms with E-state index in [1.807, 2.05) is 50.2 Å². The lowest BCUT2D eigenvalue weighted by atomic mass is 10.1. The molecule has 1 heterocycles. The van der Waals surface area contributed by atoms with Gasteiger partial charge in [0.25, 0.3) is 0 Å².